The van der Waals surface area contributed by atoms with Crippen molar-refractivity contribution in [3.63, 3.8) is 0 Å². The van der Waals surface area contributed by atoms with Crippen molar-refractivity contribution in [2.24, 2.45) is 21.9 Å². The summed E-state index contributed by atoms with van der Waals surface area (Å²) in [5.41, 5.74) is 5.70. The number of nitrogens with one attached hydrogen (secondary N) is 2. The summed E-state index contributed by atoms with van der Waals surface area (Å²) in [6, 6.07) is 7.35. The number of carboxylic acids is 1. The van der Waals surface area contributed by atoms with Gasteiger partial charge in [-0.15, -0.1) is 0 Å². The predicted molar refractivity (Wildman–Crippen MR) is 70.0 cm³/mol. The van der Waals surface area contributed by atoms with E-state index in [1.54, 1.807) is 6.21 Å². The van der Waals surface area contributed by atoms with E-state index in [9.17, 15) is 4.79 Å². The standard InChI is InChI=1S/C11H14N6O2/c12-15-9(10(18)19)5-11(16-13)8-4-2-1-3-7(8)6-14-17-11/h1-4,6,16-17H,5,12-13H2,(H,18,19). The van der Waals surface area contributed by atoms with Crippen LogP contribution in [-0.4, -0.2) is 23.0 Å². The van der Waals surface area contributed by atoms with Crippen molar-refractivity contribution in [1.29, 1.82) is 0 Å². The Labute approximate surface area is 109 Å². The van der Waals surface area contributed by atoms with Gasteiger partial charge in [0.15, 0.2) is 0 Å². The molecule has 1 aromatic carbocycles. The lowest BCUT2D eigenvalue weighted by Gasteiger charge is -2.36. The first-order valence-corrected chi connectivity index (χ1v) is 5.50. The quantitative estimate of drug-likeness (QED) is 0.269. The van der Waals surface area contributed by atoms with E-state index in [1.807, 2.05) is 24.3 Å². The van der Waals surface area contributed by atoms with E-state index in [4.69, 9.17) is 16.8 Å². The Bertz CT molecular complexity index is 556. The Morgan fingerprint density at radius 3 is 2.89 bits per heavy atom. The molecule has 1 unspecified atom stereocenters. The SMILES string of the molecule is NN=C(CC1(NN)NN=Cc2ccccc21)C(=O)O. The molecule has 1 aliphatic heterocycles. The second-order valence-corrected chi connectivity index (χ2v) is 4.06. The number of hydrogen-bond donors (Lipinski definition) is 5. The van der Waals surface area contributed by atoms with E-state index in [2.05, 4.69) is 21.1 Å². The van der Waals surface area contributed by atoms with Crippen LogP contribution in [0.1, 0.15) is 17.5 Å². The van der Waals surface area contributed by atoms with Gasteiger partial charge in [0.1, 0.15) is 11.4 Å². The summed E-state index contributed by atoms with van der Waals surface area (Å²) in [6.45, 7) is 0. The van der Waals surface area contributed by atoms with Crippen LogP contribution in [0.3, 0.4) is 0 Å². The van der Waals surface area contributed by atoms with E-state index in [-0.39, 0.29) is 12.1 Å². The molecule has 19 heavy (non-hydrogen) atoms. The summed E-state index contributed by atoms with van der Waals surface area (Å²) in [7, 11) is 0. The molecular weight excluding hydrogens is 248 g/mol. The molecule has 0 amide bonds. The second kappa shape index (κ2) is 5.04. The van der Waals surface area contributed by atoms with E-state index in [0.29, 0.717) is 0 Å². The van der Waals surface area contributed by atoms with Gasteiger partial charge in [0.25, 0.3) is 0 Å². The first-order valence-electron chi connectivity index (χ1n) is 5.50. The van der Waals surface area contributed by atoms with Gasteiger partial charge in [-0.1, -0.05) is 24.3 Å². The second-order valence-electron chi connectivity index (χ2n) is 4.06. The van der Waals surface area contributed by atoms with E-state index < -0.39 is 11.6 Å². The van der Waals surface area contributed by atoms with Gasteiger partial charge >= 0.3 is 5.97 Å². The van der Waals surface area contributed by atoms with Gasteiger partial charge in [0.2, 0.25) is 0 Å². The van der Waals surface area contributed by atoms with Gasteiger partial charge in [-0.05, 0) is 0 Å². The Morgan fingerprint density at radius 1 is 1.53 bits per heavy atom. The molecule has 8 nitrogen and oxygen atoms in total. The van der Waals surface area contributed by atoms with Crippen LogP contribution < -0.4 is 22.5 Å². The van der Waals surface area contributed by atoms with Gasteiger partial charge in [0, 0.05) is 17.5 Å². The van der Waals surface area contributed by atoms with Gasteiger partial charge in [0.05, 0.1) is 6.21 Å². The molecule has 0 saturated carbocycles. The van der Waals surface area contributed by atoms with Crippen molar-refractivity contribution in [2.75, 3.05) is 0 Å². The van der Waals surface area contributed by atoms with Crippen LogP contribution in [0.2, 0.25) is 0 Å². The average Bonchev–Trinajstić information content (AvgIpc) is 2.44. The number of benzene rings is 1. The van der Waals surface area contributed by atoms with E-state index in [0.717, 1.165) is 11.1 Å². The molecule has 1 atom stereocenters. The summed E-state index contributed by atoms with van der Waals surface area (Å²) in [5, 5.41) is 16.3. The number of carbonyl (C=O) groups is 1. The molecule has 0 spiro atoms. The monoisotopic (exact) mass is 262 g/mol. The van der Waals surface area contributed by atoms with Crippen molar-refractivity contribution >= 4 is 17.9 Å². The molecule has 2 rings (SSSR count). The lowest BCUT2D eigenvalue weighted by molar-refractivity contribution is -0.129. The third-order valence-electron chi connectivity index (χ3n) is 2.96. The van der Waals surface area contributed by atoms with Gasteiger partial charge in [-0.2, -0.15) is 10.2 Å². The molecular formula is C11H14N6O2. The maximum absolute atomic E-state index is 11.0. The highest BCUT2D eigenvalue weighted by molar-refractivity contribution is 6.35. The number of fused-ring (bicyclic) bond motifs is 1. The van der Waals surface area contributed by atoms with Gasteiger partial charge in [-0.25, -0.2) is 10.2 Å². The fraction of sp³-hybridized carbons (Fsp3) is 0.182. The Hall–Kier alpha value is -2.45. The highest BCUT2D eigenvalue weighted by Gasteiger charge is 2.37. The Kier molecular flexibility index (Phi) is 3.45. The largest absolute Gasteiger partial charge is 0.477 e. The predicted octanol–water partition coefficient (Wildman–Crippen LogP) is -0.971. The number of nitrogens with zero attached hydrogens (tertiary/aromatic N) is 2. The van der Waals surface area contributed by atoms with E-state index >= 15 is 0 Å². The summed E-state index contributed by atoms with van der Waals surface area (Å²) in [4.78, 5) is 11.0. The zero-order chi connectivity index (χ0) is 13.9. The minimum Gasteiger partial charge on any atom is -0.477 e. The highest BCUT2D eigenvalue weighted by atomic mass is 16.4. The van der Waals surface area contributed by atoms with Crippen LogP contribution in [0.15, 0.2) is 34.5 Å². The van der Waals surface area contributed by atoms with Crippen molar-refractivity contribution in [1.82, 2.24) is 10.9 Å². The number of hydrogen-bond acceptors (Lipinski definition) is 7. The van der Waals surface area contributed by atoms with Crippen molar-refractivity contribution in [3.05, 3.63) is 35.4 Å². The summed E-state index contributed by atoms with van der Waals surface area (Å²) >= 11 is 0. The Balaban J connectivity index is 2.45. The average molecular weight is 262 g/mol. The molecule has 8 heteroatoms. The molecule has 1 aromatic rings. The van der Waals surface area contributed by atoms with E-state index in [1.165, 1.54) is 0 Å². The number of aliphatic carboxylic acids is 1. The minimum atomic E-state index is -1.20. The number of hydrazine groups is 1. The lowest BCUT2D eigenvalue weighted by atomic mass is 9.90. The number of hydrazone groups is 2. The molecule has 7 N–H and O–H groups in total. The molecule has 100 valence electrons. The first-order chi connectivity index (χ1) is 9.13. The fourth-order valence-corrected chi connectivity index (χ4v) is 1.99. The fourth-order valence-electron chi connectivity index (χ4n) is 1.99. The highest BCUT2D eigenvalue weighted by Crippen LogP contribution is 2.27. The molecule has 1 heterocycles. The number of carboxylic acid groups (broad SMARTS) is 1. The molecule has 0 aliphatic carbocycles. The van der Waals surface area contributed by atoms with Crippen LogP contribution in [0.4, 0.5) is 0 Å². The number of rotatable bonds is 4. The van der Waals surface area contributed by atoms with Crippen LogP contribution >= 0.6 is 0 Å². The smallest absolute Gasteiger partial charge is 0.352 e. The maximum atomic E-state index is 11.0. The normalized spacial score (nSPS) is 21.6. The van der Waals surface area contributed by atoms with Crippen molar-refractivity contribution in [3.8, 4) is 0 Å². The van der Waals surface area contributed by atoms with Crippen molar-refractivity contribution < 1.29 is 9.90 Å². The molecule has 0 fully saturated rings. The molecule has 0 bridgehead atoms. The van der Waals surface area contributed by atoms with Gasteiger partial charge < -0.3 is 10.9 Å². The van der Waals surface area contributed by atoms with Gasteiger partial charge in [-0.3, -0.25) is 11.3 Å². The van der Waals surface area contributed by atoms with Crippen LogP contribution in [0, 0.1) is 0 Å². The summed E-state index contributed by atoms with van der Waals surface area (Å²) < 4.78 is 0. The topological polar surface area (TPSA) is 138 Å². The minimum absolute atomic E-state index is 0.0519. The zero-order valence-electron chi connectivity index (χ0n) is 10.00. The summed E-state index contributed by atoms with van der Waals surface area (Å²) in [6.07, 6.45) is 1.58. The summed E-state index contributed by atoms with van der Waals surface area (Å²) in [5.74, 6) is 9.48. The zero-order valence-corrected chi connectivity index (χ0v) is 10.00. The Morgan fingerprint density at radius 2 is 2.26 bits per heavy atom. The number of nitrogens with two attached hydrogens (primary N) is 2. The molecule has 0 radical (unpaired) electrons. The third kappa shape index (κ3) is 2.26. The maximum Gasteiger partial charge on any atom is 0.352 e. The van der Waals surface area contributed by atoms with Crippen molar-refractivity contribution in [2.45, 2.75) is 12.1 Å². The molecule has 0 aromatic heterocycles. The molecule has 0 saturated heterocycles. The van der Waals surface area contributed by atoms with Crippen LogP contribution in [-0.2, 0) is 10.5 Å². The molecule has 1 aliphatic rings. The first kappa shape index (κ1) is 13.0. The lowest BCUT2D eigenvalue weighted by Crippen LogP contribution is -2.58. The van der Waals surface area contributed by atoms with Crippen LogP contribution in [0.25, 0.3) is 0 Å². The third-order valence-corrected chi connectivity index (χ3v) is 2.96. The van der Waals surface area contributed by atoms with Crippen LogP contribution in [0.5, 0.6) is 0 Å².